The molecule has 0 unspecified atom stereocenters. The lowest BCUT2D eigenvalue weighted by atomic mass is 10.2. The first-order valence-corrected chi connectivity index (χ1v) is 8.76. The molecular weight excluding hydrogens is 440 g/mol. The third-order valence-electron chi connectivity index (χ3n) is 3.46. The van der Waals surface area contributed by atoms with Gasteiger partial charge in [0.2, 0.25) is 0 Å². The molecule has 3 aromatic rings. The molecule has 10 heteroatoms. The van der Waals surface area contributed by atoms with Crippen molar-refractivity contribution < 1.29 is 14.5 Å². The smallest absolute Gasteiger partial charge is 0.294 e. The maximum atomic E-state index is 12.3. The minimum Gasteiger partial charge on any atom is -0.471 e. The third kappa shape index (κ3) is 4.83. The minimum atomic E-state index is -0.619. The molecule has 0 saturated carbocycles. The fourth-order valence-electron chi connectivity index (χ4n) is 2.17. The number of halogens is 2. The van der Waals surface area contributed by atoms with Crippen molar-refractivity contribution in [2.75, 3.05) is 5.32 Å². The van der Waals surface area contributed by atoms with E-state index in [2.05, 4.69) is 26.3 Å². The number of carbonyl (C=O) groups excluding carboxylic acids is 1. The number of rotatable bonds is 6. The molecule has 27 heavy (non-hydrogen) atoms. The Morgan fingerprint density at radius 2 is 2.00 bits per heavy atom. The van der Waals surface area contributed by atoms with Crippen molar-refractivity contribution in [1.29, 1.82) is 0 Å². The van der Waals surface area contributed by atoms with E-state index in [-0.39, 0.29) is 28.8 Å². The number of carbonyl (C=O) groups is 1. The lowest BCUT2D eigenvalue weighted by Gasteiger charge is -2.06. The molecule has 0 spiro atoms. The largest absolute Gasteiger partial charge is 0.471 e. The van der Waals surface area contributed by atoms with Gasteiger partial charge in [-0.1, -0.05) is 27.5 Å². The number of hydrogen-bond donors (Lipinski definition) is 1. The Kier molecular flexibility index (Phi) is 5.72. The van der Waals surface area contributed by atoms with Gasteiger partial charge < -0.3 is 10.1 Å². The lowest BCUT2D eigenvalue weighted by Crippen LogP contribution is -2.15. The van der Waals surface area contributed by atoms with Gasteiger partial charge in [-0.3, -0.25) is 14.9 Å². The molecule has 0 aliphatic heterocycles. The van der Waals surface area contributed by atoms with Crippen LogP contribution in [0.25, 0.3) is 0 Å². The average Bonchev–Trinajstić information content (AvgIpc) is 3.12. The Hall–Kier alpha value is -2.91. The molecular formula is C17H12BrClN4O4. The predicted octanol–water partition coefficient (Wildman–Crippen LogP) is 4.50. The third-order valence-corrected chi connectivity index (χ3v) is 4.22. The molecule has 0 aliphatic rings. The van der Waals surface area contributed by atoms with Crippen LogP contribution in [0.3, 0.4) is 0 Å². The molecule has 3 rings (SSSR count). The van der Waals surface area contributed by atoms with E-state index in [1.54, 1.807) is 18.3 Å². The second kappa shape index (κ2) is 8.19. The number of nitrogens with zero attached hydrogens (tertiary/aromatic N) is 3. The molecule has 0 aliphatic carbocycles. The molecule has 0 fully saturated rings. The molecule has 8 nitrogen and oxygen atoms in total. The topological polar surface area (TPSA) is 99.3 Å². The van der Waals surface area contributed by atoms with Gasteiger partial charge in [-0.05, 0) is 42.5 Å². The van der Waals surface area contributed by atoms with Crippen LogP contribution < -0.4 is 10.1 Å². The number of nitrogens with one attached hydrogen (secondary N) is 1. The van der Waals surface area contributed by atoms with Crippen molar-refractivity contribution in [1.82, 2.24) is 9.78 Å². The number of benzene rings is 2. The molecule has 1 aromatic heterocycles. The number of aromatic nitrogens is 2. The van der Waals surface area contributed by atoms with Gasteiger partial charge in [-0.25, -0.2) is 4.68 Å². The summed E-state index contributed by atoms with van der Waals surface area (Å²) in [5.41, 5.74) is -0.164. The highest BCUT2D eigenvalue weighted by Gasteiger charge is 2.18. The fourth-order valence-corrected chi connectivity index (χ4v) is 2.60. The summed E-state index contributed by atoms with van der Waals surface area (Å²) in [7, 11) is 0. The van der Waals surface area contributed by atoms with Crippen LogP contribution in [0, 0.1) is 10.1 Å². The summed E-state index contributed by atoms with van der Waals surface area (Å²) in [6.45, 7) is 0.107. The Morgan fingerprint density at radius 3 is 2.70 bits per heavy atom. The number of amides is 1. The molecule has 1 amide bonds. The average molecular weight is 452 g/mol. The van der Waals surface area contributed by atoms with Gasteiger partial charge in [0.25, 0.3) is 11.6 Å². The van der Waals surface area contributed by atoms with Gasteiger partial charge in [-0.15, -0.1) is 0 Å². The molecule has 0 saturated heterocycles. The van der Waals surface area contributed by atoms with E-state index in [1.807, 2.05) is 12.1 Å². The van der Waals surface area contributed by atoms with Gasteiger partial charge in [0, 0.05) is 21.8 Å². The zero-order valence-electron chi connectivity index (χ0n) is 13.6. The SMILES string of the molecule is O=C(Nc1ccc(Cl)cc1[N+](=O)[O-])c1ccn(COc2ccc(Br)cc2)n1. The van der Waals surface area contributed by atoms with Gasteiger partial charge in [0.05, 0.1) is 4.92 Å². The molecule has 138 valence electrons. The summed E-state index contributed by atoms with van der Waals surface area (Å²) in [5.74, 6) is 0.0688. The van der Waals surface area contributed by atoms with Crippen LogP contribution in [0.5, 0.6) is 5.75 Å². The van der Waals surface area contributed by atoms with E-state index < -0.39 is 10.8 Å². The normalized spacial score (nSPS) is 10.4. The molecule has 0 radical (unpaired) electrons. The van der Waals surface area contributed by atoms with Gasteiger partial charge in [0.1, 0.15) is 11.4 Å². The number of nitro benzene ring substituents is 1. The standard InChI is InChI=1S/C17H12BrClN4O4/c18-11-1-4-13(5-2-11)27-10-22-8-7-15(21-22)17(24)20-14-6-3-12(19)9-16(14)23(25)26/h1-9H,10H2,(H,20,24). The number of nitro groups is 1. The highest BCUT2D eigenvalue weighted by molar-refractivity contribution is 9.10. The second-order valence-corrected chi connectivity index (χ2v) is 6.69. The first-order chi connectivity index (χ1) is 12.9. The van der Waals surface area contributed by atoms with E-state index >= 15 is 0 Å². The Bertz CT molecular complexity index is 991. The zero-order valence-corrected chi connectivity index (χ0v) is 16.0. The summed E-state index contributed by atoms with van der Waals surface area (Å²) in [6.07, 6.45) is 1.57. The highest BCUT2D eigenvalue weighted by Crippen LogP contribution is 2.28. The van der Waals surface area contributed by atoms with E-state index in [9.17, 15) is 14.9 Å². The quantitative estimate of drug-likeness (QED) is 0.439. The molecule has 0 atom stereocenters. The van der Waals surface area contributed by atoms with Crippen LogP contribution in [0.15, 0.2) is 59.2 Å². The monoisotopic (exact) mass is 450 g/mol. The minimum absolute atomic E-state index is 0.0371. The van der Waals surface area contributed by atoms with Crippen LogP contribution in [0.1, 0.15) is 10.5 Å². The lowest BCUT2D eigenvalue weighted by molar-refractivity contribution is -0.383. The van der Waals surface area contributed by atoms with Crippen LogP contribution >= 0.6 is 27.5 Å². The highest BCUT2D eigenvalue weighted by atomic mass is 79.9. The van der Waals surface area contributed by atoms with Crippen molar-refractivity contribution in [3.63, 3.8) is 0 Å². The van der Waals surface area contributed by atoms with Crippen molar-refractivity contribution in [3.05, 3.63) is 80.0 Å². The first-order valence-electron chi connectivity index (χ1n) is 7.59. The van der Waals surface area contributed by atoms with Crippen LogP contribution in [-0.2, 0) is 6.73 Å². The van der Waals surface area contributed by atoms with Crippen molar-refractivity contribution >= 4 is 44.8 Å². The van der Waals surface area contributed by atoms with Crippen molar-refractivity contribution in [2.45, 2.75) is 6.73 Å². The Morgan fingerprint density at radius 1 is 1.26 bits per heavy atom. The summed E-state index contributed by atoms with van der Waals surface area (Å²) in [4.78, 5) is 22.8. The van der Waals surface area contributed by atoms with Crippen LogP contribution in [0.4, 0.5) is 11.4 Å². The molecule has 0 bridgehead atoms. The number of ether oxygens (including phenoxy) is 1. The van der Waals surface area contributed by atoms with E-state index in [0.29, 0.717) is 5.75 Å². The molecule has 1 N–H and O–H groups in total. The van der Waals surface area contributed by atoms with Crippen LogP contribution in [-0.4, -0.2) is 20.6 Å². The van der Waals surface area contributed by atoms with Crippen molar-refractivity contribution in [2.24, 2.45) is 0 Å². The van der Waals surface area contributed by atoms with Crippen LogP contribution in [0.2, 0.25) is 5.02 Å². The van der Waals surface area contributed by atoms with E-state index in [0.717, 1.165) is 4.47 Å². The molecule has 2 aromatic carbocycles. The Balaban J connectivity index is 1.66. The summed E-state index contributed by atoms with van der Waals surface area (Å²) < 4.78 is 7.94. The summed E-state index contributed by atoms with van der Waals surface area (Å²) in [6, 6.07) is 12.7. The fraction of sp³-hybridized carbons (Fsp3) is 0.0588. The Labute approximate surface area is 167 Å². The number of hydrogen-bond acceptors (Lipinski definition) is 5. The first kappa shape index (κ1) is 18.9. The van der Waals surface area contributed by atoms with E-state index in [4.69, 9.17) is 16.3 Å². The van der Waals surface area contributed by atoms with Gasteiger partial charge in [0.15, 0.2) is 12.4 Å². The summed E-state index contributed by atoms with van der Waals surface area (Å²) in [5, 5.41) is 17.9. The molecule has 1 heterocycles. The second-order valence-electron chi connectivity index (χ2n) is 5.34. The van der Waals surface area contributed by atoms with Gasteiger partial charge in [-0.2, -0.15) is 5.10 Å². The van der Waals surface area contributed by atoms with E-state index in [1.165, 1.54) is 28.9 Å². The van der Waals surface area contributed by atoms with Crippen molar-refractivity contribution in [3.8, 4) is 5.75 Å². The zero-order chi connectivity index (χ0) is 19.4. The van der Waals surface area contributed by atoms with Gasteiger partial charge >= 0.3 is 0 Å². The summed E-state index contributed by atoms with van der Waals surface area (Å²) >= 11 is 9.10. The maximum Gasteiger partial charge on any atom is 0.294 e. The maximum absolute atomic E-state index is 12.3. The predicted molar refractivity (Wildman–Crippen MR) is 103 cm³/mol. The number of anilines is 1.